The summed E-state index contributed by atoms with van der Waals surface area (Å²) >= 11 is 5.21. The molecule has 0 aliphatic rings. The topological polar surface area (TPSA) is 33.6 Å². The summed E-state index contributed by atoms with van der Waals surface area (Å²) in [4.78, 5) is 0. The molecule has 4 heteroatoms. The highest BCUT2D eigenvalue weighted by molar-refractivity contribution is 7.71. The molecule has 1 N–H and O–H groups in total. The molecule has 0 atom stereocenters. The van der Waals surface area contributed by atoms with Crippen LogP contribution in [0.4, 0.5) is 0 Å². The number of aryl methyl sites for hydroxylation is 1. The molecule has 1 heterocycles. The Hall–Kier alpha value is -0.640. The number of nitrogens with zero attached hydrogens (tertiary/aromatic N) is 2. The van der Waals surface area contributed by atoms with E-state index in [0.29, 0.717) is 0 Å². The lowest BCUT2D eigenvalue weighted by Gasteiger charge is -2.07. The van der Waals surface area contributed by atoms with Gasteiger partial charge in [-0.3, -0.25) is 5.10 Å². The normalized spacial score (nSPS) is 11.2. The number of rotatable bonds is 6. The van der Waals surface area contributed by atoms with Crippen molar-refractivity contribution in [3.63, 3.8) is 0 Å². The third-order valence-electron chi connectivity index (χ3n) is 2.47. The Morgan fingerprint density at radius 2 is 2.20 bits per heavy atom. The van der Waals surface area contributed by atoms with Gasteiger partial charge in [-0.2, -0.15) is 5.10 Å². The standard InChI is InChI=1S/C11H21N3S/c1-4-6-10-12-13-11(15)14(10)8-5-7-9(2)3/h9H,4-8H2,1-3H3,(H,13,15). The van der Waals surface area contributed by atoms with Gasteiger partial charge in [0.2, 0.25) is 0 Å². The Morgan fingerprint density at radius 1 is 1.47 bits per heavy atom. The second kappa shape index (κ2) is 6.05. The molecule has 0 amide bonds. The summed E-state index contributed by atoms with van der Waals surface area (Å²) in [5, 5.41) is 7.12. The molecule has 0 saturated heterocycles. The molecule has 0 aromatic carbocycles. The van der Waals surface area contributed by atoms with E-state index in [1.165, 1.54) is 12.8 Å². The summed E-state index contributed by atoms with van der Waals surface area (Å²) in [6.07, 6.45) is 4.55. The van der Waals surface area contributed by atoms with Gasteiger partial charge in [-0.15, -0.1) is 0 Å². The summed E-state index contributed by atoms with van der Waals surface area (Å²) < 4.78 is 2.91. The van der Waals surface area contributed by atoms with Crippen molar-refractivity contribution in [2.45, 2.75) is 53.0 Å². The zero-order valence-corrected chi connectivity index (χ0v) is 10.7. The summed E-state index contributed by atoms with van der Waals surface area (Å²) in [5.74, 6) is 1.87. The highest BCUT2D eigenvalue weighted by Crippen LogP contribution is 2.08. The van der Waals surface area contributed by atoms with Crippen LogP contribution in [0.15, 0.2) is 0 Å². The van der Waals surface area contributed by atoms with Crippen molar-refractivity contribution in [1.82, 2.24) is 14.8 Å². The van der Waals surface area contributed by atoms with Gasteiger partial charge < -0.3 is 4.57 Å². The fourth-order valence-corrected chi connectivity index (χ4v) is 1.90. The van der Waals surface area contributed by atoms with Gasteiger partial charge in [0.05, 0.1) is 0 Å². The highest BCUT2D eigenvalue weighted by atomic mass is 32.1. The summed E-state index contributed by atoms with van der Waals surface area (Å²) in [7, 11) is 0. The highest BCUT2D eigenvalue weighted by Gasteiger charge is 2.04. The fraction of sp³-hybridized carbons (Fsp3) is 0.818. The van der Waals surface area contributed by atoms with Gasteiger partial charge in [-0.05, 0) is 37.4 Å². The van der Waals surface area contributed by atoms with Crippen LogP contribution in [0.1, 0.15) is 45.9 Å². The maximum Gasteiger partial charge on any atom is 0.195 e. The van der Waals surface area contributed by atoms with Crippen molar-refractivity contribution in [2.75, 3.05) is 0 Å². The van der Waals surface area contributed by atoms with Gasteiger partial charge in [-0.25, -0.2) is 0 Å². The maximum absolute atomic E-state index is 5.21. The van der Waals surface area contributed by atoms with Crippen molar-refractivity contribution in [3.05, 3.63) is 10.6 Å². The third kappa shape index (κ3) is 3.78. The van der Waals surface area contributed by atoms with Gasteiger partial charge in [-0.1, -0.05) is 20.8 Å². The van der Waals surface area contributed by atoms with E-state index in [1.54, 1.807) is 0 Å². The molecule has 0 radical (unpaired) electrons. The third-order valence-corrected chi connectivity index (χ3v) is 2.79. The van der Waals surface area contributed by atoms with E-state index in [2.05, 4.69) is 35.5 Å². The van der Waals surface area contributed by atoms with Crippen molar-refractivity contribution in [2.24, 2.45) is 5.92 Å². The van der Waals surface area contributed by atoms with E-state index in [9.17, 15) is 0 Å². The van der Waals surface area contributed by atoms with Crippen LogP contribution in [0.25, 0.3) is 0 Å². The average Bonchev–Trinajstić information content (AvgIpc) is 2.50. The monoisotopic (exact) mass is 227 g/mol. The molecule has 1 rings (SSSR count). The number of hydrogen-bond acceptors (Lipinski definition) is 2. The first-order valence-electron chi connectivity index (χ1n) is 5.79. The minimum absolute atomic E-state index is 0.765. The molecule has 0 saturated carbocycles. The van der Waals surface area contributed by atoms with E-state index in [-0.39, 0.29) is 0 Å². The number of nitrogens with one attached hydrogen (secondary N) is 1. The van der Waals surface area contributed by atoms with Crippen LogP contribution in [-0.4, -0.2) is 14.8 Å². The molecule has 0 spiro atoms. The zero-order valence-electron chi connectivity index (χ0n) is 9.92. The SMILES string of the molecule is CCCc1n[nH]c(=S)n1CCCC(C)C. The van der Waals surface area contributed by atoms with Gasteiger partial charge in [0, 0.05) is 13.0 Å². The van der Waals surface area contributed by atoms with Crippen molar-refractivity contribution in [3.8, 4) is 0 Å². The second-order valence-corrected chi connectivity index (χ2v) is 4.77. The predicted molar refractivity (Wildman–Crippen MR) is 65.5 cm³/mol. The van der Waals surface area contributed by atoms with Crippen LogP contribution in [0.3, 0.4) is 0 Å². The largest absolute Gasteiger partial charge is 0.304 e. The number of hydrogen-bond donors (Lipinski definition) is 1. The number of H-pyrrole nitrogens is 1. The van der Waals surface area contributed by atoms with E-state index in [4.69, 9.17) is 12.2 Å². The fourth-order valence-electron chi connectivity index (χ4n) is 1.65. The maximum atomic E-state index is 5.21. The molecule has 0 bridgehead atoms. The predicted octanol–water partition coefficient (Wildman–Crippen LogP) is 3.33. The minimum atomic E-state index is 0.765. The van der Waals surface area contributed by atoms with Gasteiger partial charge >= 0.3 is 0 Å². The van der Waals surface area contributed by atoms with Crippen LogP contribution >= 0.6 is 12.2 Å². The first kappa shape index (κ1) is 12.4. The van der Waals surface area contributed by atoms with E-state index >= 15 is 0 Å². The Balaban J connectivity index is 2.58. The van der Waals surface area contributed by atoms with Crippen molar-refractivity contribution in [1.29, 1.82) is 0 Å². The molecule has 15 heavy (non-hydrogen) atoms. The molecule has 0 aliphatic heterocycles. The molecule has 0 fully saturated rings. The van der Waals surface area contributed by atoms with E-state index in [0.717, 1.165) is 35.9 Å². The molecular weight excluding hydrogens is 206 g/mol. The smallest absolute Gasteiger partial charge is 0.195 e. The van der Waals surface area contributed by atoms with Crippen LogP contribution in [0.2, 0.25) is 0 Å². The van der Waals surface area contributed by atoms with Crippen LogP contribution < -0.4 is 0 Å². The Kier molecular flexibility index (Phi) is 5.02. The first-order chi connectivity index (χ1) is 7.15. The molecule has 0 unspecified atom stereocenters. The first-order valence-corrected chi connectivity index (χ1v) is 6.20. The second-order valence-electron chi connectivity index (χ2n) is 4.38. The molecule has 1 aromatic rings. The van der Waals surface area contributed by atoms with Crippen LogP contribution in [0, 0.1) is 10.7 Å². The number of aromatic amines is 1. The summed E-state index contributed by atoms with van der Waals surface area (Å²) in [5.41, 5.74) is 0. The van der Waals surface area contributed by atoms with Gasteiger partial charge in [0.25, 0.3) is 0 Å². The van der Waals surface area contributed by atoms with Gasteiger partial charge in [0.15, 0.2) is 4.77 Å². The summed E-state index contributed by atoms with van der Waals surface area (Å²) in [6.45, 7) is 7.67. The van der Waals surface area contributed by atoms with E-state index in [1.807, 2.05) is 0 Å². The lowest BCUT2D eigenvalue weighted by molar-refractivity contribution is 0.500. The van der Waals surface area contributed by atoms with Crippen molar-refractivity contribution < 1.29 is 0 Å². The Morgan fingerprint density at radius 3 is 2.80 bits per heavy atom. The molecule has 1 aromatic heterocycles. The molecule has 3 nitrogen and oxygen atoms in total. The number of aromatic nitrogens is 3. The van der Waals surface area contributed by atoms with Crippen molar-refractivity contribution >= 4 is 12.2 Å². The Labute approximate surface area is 96.9 Å². The minimum Gasteiger partial charge on any atom is -0.304 e. The zero-order chi connectivity index (χ0) is 11.3. The van der Waals surface area contributed by atoms with Crippen LogP contribution in [0.5, 0.6) is 0 Å². The molecular formula is C11H21N3S. The lowest BCUT2D eigenvalue weighted by atomic mass is 10.1. The van der Waals surface area contributed by atoms with Crippen LogP contribution in [-0.2, 0) is 13.0 Å². The lowest BCUT2D eigenvalue weighted by Crippen LogP contribution is -2.05. The summed E-state index contributed by atoms with van der Waals surface area (Å²) in [6, 6.07) is 0. The Bertz CT molecular complexity index is 338. The average molecular weight is 227 g/mol. The van der Waals surface area contributed by atoms with Gasteiger partial charge in [0.1, 0.15) is 5.82 Å². The quantitative estimate of drug-likeness (QED) is 0.756. The van der Waals surface area contributed by atoms with E-state index < -0.39 is 0 Å². The molecule has 0 aliphatic carbocycles. The molecule has 86 valence electrons.